The number of hydrogen-bond donors (Lipinski definition) is 1. The highest BCUT2D eigenvalue weighted by molar-refractivity contribution is 7.99. The summed E-state index contributed by atoms with van der Waals surface area (Å²) in [6.45, 7) is 1.88. The number of amides is 2. The predicted molar refractivity (Wildman–Crippen MR) is 136 cm³/mol. The van der Waals surface area contributed by atoms with Crippen LogP contribution in [0.1, 0.15) is 18.8 Å². The first-order valence-corrected chi connectivity index (χ1v) is 12.7. The van der Waals surface area contributed by atoms with E-state index in [-0.39, 0.29) is 30.2 Å². The predicted octanol–water partition coefficient (Wildman–Crippen LogP) is 4.16. The van der Waals surface area contributed by atoms with Crippen molar-refractivity contribution >= 4 is 45.7 Å². The third-order valence-corrected chi connectivity index (χ3v) is 7.30. The van der Waals surface area contributed by atoms with Gasteiger partial charge in [0.1, 0.15) is 5.75 Å². The van der Waals surface area contributed by atoms with Gasteiger partial charge in [0, 0.05) is 18.0 Å². The average Bonchev–Trinajstić information content (AvgIpc) is 3.49. The van der Waals surface area contributed by atoms with Crippen molar-refractivity contribution in [3.63, 3.8) is 0 Å². The van der Waals surface area contributed by atoms with Gasteiger partial charge in [-0.15, -0.1) is 21.5 Å². The van der Waals surface area contributed by atoms with Crippen LogP contribution >= 0.6 is 23.1 Å². The van der Waals surface area contributed by atoms with E-state index >= 15 is 0 Å². The molecule has 0 saturated heterocycles. The summed E-state index contributed by atoms with van der Waals surface area (Å²) in [5.74, 6) is 1.10. The molecule has 3 heterocycles. The van der Waals surface area contributed by atoms with Crippen LogP contribution in [0.3, 0.4) is 0 Å². The SMILES string of the molecule is CC(c1nnc(SCC(=O)Nc2nc(-c3ccccc3)cs2)n1C)N1C(=O)COc2ccccc21. The molecule has 1 atom stereocenters. The molecule has 9 nitrogen and oxygen atoms in total. The summed E-state index contributed by atoms with van der Waals surface area (Å²) in [5, 5.41) is 14.5. The zero-order chi connectivity index (χ0) is 24.4. The van der Waals surface area contributed by atoms with E-state index in [1.54, 1.807) is 4.90 Å². The second-order valence-electron chi connectivity index (χ2n) is 7.84. The third kappa shape index (κ3) is 4.77. The fraction of sp³-hybridized carbons (Fsp3) is 0.208. The van der Waals surface area contributed by atoms with Gasteiger partial charge in [-0.1, -0.05) is 54.2 Å². The number of nitrogens with one attached hydrogen (secondary N) is 1. The van der Waals surface area contributed by atoms with E-state index in [2.05, 4.69) is 20.5 Å². The highest BCUT2D eigenvalue weighted by Crippen LogP contribution is 2.37. The van der Waals surface area contributed by atoms with E-state index in [4.69, 9.17) is 4.74 Å². The number of benzene rings is 2. The molecule has 0 saturated carbocycles. The van der Waals surface area contributed by atoms with Crippen LogP contribution in [0.4, 0.5) is 10.8 Å². The van der Waals surface area contributed by atoms with Gasteiger partial charge in [0.05, 0.1) is 23.2 Å². The van der Waals surface area contributed by atoms with E-state index in [1.807, 2.05) is 78.5 Å². The van der Waals surface area contributed by atoms with Crippen LogP contribution in [0.2, 0.25) is 0 Å². The number of fused-ring (bicyclic) bond motifs is 1. The number of thioether (sulfide) groups is 1. The van der Waals surface area contributed by atoms with E-state index in [0.717, 1.165) is 11.3 Å². The first kappa shape index (κ1) is 23.1. The van der Waals surface area contributed by atoms with Gasteiger partial charge in [-0.2, -0.15) is 0 Å². The van der Waals surface area contributed by atoms with Crippen molar-refractivity contribution in [2.75, 3.05) is 22.6 Å². The van der Waals surface area contributed by atoms with Crippen LogP contribution < -0.4 is 15.0 Å². The summed E-state index contributed by atoms with van der Waals surface area (Å²) >= 11 is 2.66. The number of nitrogens with zero attached hydrogens (tertiary/aromatic N) is 5. The number of para-hydroxylation sites is 2. The molecule has 11 heteroatoms. The van der Waals surface area contributed by atoms with Gasteiger partial charge in [0.2, 0.25) is 5.91 Å². The molecule has 35 heavy (non-hydrogen) atoms. The summed E-state index contributed by atoms with van der Waals surface area (Å²) in [6.07, 6.45) is 0. The van der Waals surface area contributed by atoms with Gasteiger partial charge in [-0.05, 0) is 19.1 Å². The standard InChI is InChI=1S/C24H22N6O3S2/c1-15(30-18-10-6-7-11-19(18)33-12-21(30)32)22-27-28-24(29(22)2)35-14-20(31)26-23-25-17(13-34-23)16-8-4-3-5-9-16/h3-11,13,15H,12,14H2,1-2H3,(H,25,26,31). The number of aromatic nitrogens is 4. The highest BCUT2D eigenvalue weighted by Gasteiger charge is 2.32. The first-order valence-electron chi connectivity index (χ1n) is 10.9. The second-order valence-corrected chi connectivity index (χ2v) is 9.64. The number of carbonyl (C=O) groups is 2. The van der Waals surface area contributed by atoms with Gasteiger partial charge < -0.3 is 14.6 Å². The molecule has 0 bridgehead atoms. The molecule has 2 aromatic carbocycles. The van der Waals surface area contributed by atoms with E-state index in [0.29, 0.717) is 27.5 Å². The number of hydrogen-bond acceptors (Lipinski definition) is 8. The normalized spacial score (nSPS) is 13.8. The Morgan fingerprint density at radius 1 is 1.17 bits per heavy atom. The van der Waals surface area contributed by atoms with Crippen molar-refractivity contribution in [1.82, 2.24) is 19.7 Å². The number of carbonyl (C=O) groups excluding carboxylic acids is 2. The molecular weight excluding hydrogens is 484 g/mol. The minimum atomic E-state index is -0.361. The second kappa shape index (κ2) is 9.88. The van der Waals surface area contributed by atoms with E-state index in [1.165, 1.54) is 23.1 Å². The first-order chi connectivity index (χ1) is 17.0. The molecule has 0 aliphatic carbocycles. The van der Waals surface area contributed by atoms with Gasteiger partial charge in [0.15, 0.2) is 22.7 Å². The molecule has 5 rings (SSSR count). The smallest absolute Gasteiger partial charge is 0.265 e. The highest BCUT2D eigenvalue weighted by atomic mass is 32.2. The van der Waals surface area contributed by atoms with Crippen LogP contribution in [0, 0.1) is 0 Å². The lowest BCUT2D eigenvalue weighted by molar-refractivity contribution is -0.121. The number of anilines is 2. The van der Waals surface area contributed by atoms with Gasteiger partial charge >= 0.3 is 0 Å². The molecule has 1 aliphatic rings. The van der Waals surface area contributed by atoms with Crippen LogP contribution in [-0.2, 0) is 16.6 Å². The maximum atomic E-state index is 12.7. The fourth-order valence-corrected chi connectivity index (χ4v) is 5.29. The lowest BCUT2D eigenvalue weighted by atomic mass is 10.1. The number of thiazole rings is 1. The van der Waals surface area contributed by atoms with Crippen molar-refractivity contribution in [3.8, 4) is 17.0 Å². The zero-order valence-electron chi connectivity index (χ0n) is 19.0. The van der Waals surface area contributed by atoms with Gasteiger partial charge in [-0.3, -0.25) is 14.5 Å². The molecule has 0 spiro atoms. The summed E-state index contributed by atoms with van der Waals surface area (Å²) in [6, 6.07) is 16.9. The van der Waals surface area contributed by atoms with Crippen LogP contribution in [-0.4, -0.2) is 43.9 Å². The molecule has 1 unspecified atom stereocenters. The van der Waals surface area contributed by atoms with E-state index < -0.39 is 0 Å². The zero-order valence-corrected chi connectivity index (χ0v) is 20.7. The lowest BCUT2D eigenvalue weighted by Gasteiger charge is -2.33. The largest absolute Gasteiger partial charge is 0.482 e. The molecule has 1 aliphatic heterocycles. The van der Waals surface area contributed by atoms with E-state index in [9.17, 15) is 9.59 Å². The summed E-state index contributed by atoms with van der Waals surface area (Å²) in [4.78, 5) is 31.3. The van der Waals surface area contributed by atoms with Crippen molar-refractivity contribution in [2.24, 2.45) is 7.05 Å². The maximum Gasteiger partial charge on any atom is 0.265 e. The van der Waals surface area contributed by atoms with Crippen molar-refractivity contribution in [1.29, 1.82) is 0 Å². The minimum Gasteiger partial charge on any atom is -0.482 e. The Morgan fingerprint density at radius 3 is 2.77 bits per heavy atom. The Morgan fingerprint density at radius 2 is 1.94 bits per heavy atom. The Hall–Kier alpha value is -3.70. The molecule has 1 N–H and O–H groups in total. The Balaban J connectivity index is 1.23. The monoisotopic (exact) mass is 506 g/mol. The lowest BCUT2D eigenvalue weighted by Crippen LogP contribution is -2.41. The molecule has 0 fully saturated rings. The summed E-state index contributed by atoms with van der Waals surface area (Å²) in [7, 11) is 1.83. The Bertz CT molecular complexity index is 1370. The molecule has 2 aromatic heterocycles. The van der Waals surface area contributed by atoms with Crippen LogP contribution in [0.15, 0.2) is 65.1 Å². The molecular formula is C24H22N6O3S2. The van der Waals surface area contributed by atoms with Crippen molar-refractivity contribution in [3.05, 3.63) is 65.8 Å². The molecule has 0 radical (unpaired) electrons. The third-order valence-electron chi connectivity index (χ3n) is 5.53. The fourth-order valence-electron chi connectivity index (χ4n) is 3.84. The number of ether oxygens (including phenoxy) is 1. The maximum absolute atomic E-state index is 12.7. The topological polar surface area (TPSA) is 102 Å². The minimum absolute atomic E-state index is 0.0241. The van der Waals surface area contributed by atoms with Gasteiger partial charge in [-0.25, -0.2) is 4.98 Å². The Labute approximate surface area is 210 Å². The molecule has 4 aromatic rings. The quantitative estimate of drug-likeness (QED) is 0.376. The summed E-state index contributed by atoms with van der Waals surface area (Å²) in [5.41, 5.74) is 2.52. The molecule has 2 amide bonds. The summed E-state index contributed by atoms with van der Waals surface area (Å²) < 4.78 is 7.35. The Kier molecular flexibility index (Phi) is 6.51. The van der Waals surface area contributed by atoms with Crippen LogP contribution in [0.5, 0.6) is 5.75 Å². The van der Waals surface area contributed by atoms with Crippen LogP contribution in [0.25, 0.3) is 11.3 Å². The van der Waals surface area contributed by atoms with Crippen molar-refractivity contribution < 1.29 is 14.3 Å². The number of rotatable bonds is 7. The average molecular weight is 507 g/mol. The van der Waals surface area contributed by atoms with Crippen molar-refractivity contribution in [2.45, 2.75) is 18.1 Å². The van der Waals surface area contributed by atoms with Gasteiger partial charge in [0.25, 0.3) is 5.91 Å². The molecule has 178 valence electrons.